The molecule has 1 heterocycles. The van der Waals surface area contributed by atoms with Gasteiger partial charge in [0.1, 0.15) is 5.82 Å². The predicted octanol–water partition coefficient (Wildman–Crippen LogP) is 3.33. The molecular weight excluding hydrogens is 317 g/mol. The lowest BCUT2D eigenvalue weighted by Gasteiger charge is -2.16. The lowest BCUT2D eigenvalue weighted by molar-refractivity contribution is 0.555. The highest BCUT2D eigenvalue weighted by Gasteiger charge is 2.15. The number of nitrogens with zero attached hydrogens (tertiary/aromatic N) is 2. The molecule has 0 fully saturated rings. The molecule has 1 aromatic carbocycles. The highest BCUT2D eigenvalue weighted by atomic mass is 79.9. The van der Waals surface area contributed by atoms with Crippen molar-refractivity contribution in [3.8, 4) is 0 Å². The minimum atomic E-state index is -0.231. The molecular formula is C12H13BrFN3S. The summed E-state index contributed by atoms with van der Waals surface area (Å²) in [5.41, 5.74) is 1.07. The largest absolute Gasteiger partial charge is 0.309 e. The van der Waals surface area contributed by atoms with Crippen molar-refractivity contribution < 1.29 is 4.39 Å². The van der Waals surface area contributed by atoms with Crippen molar-refractivity contribution in [2.24, 2.45) is 0 Å². The van der Waals surface area contributed by atoms with Crippen LogP contribution in [0.5, 0.6) is 0 Å². The van der Waals surface area contributed by atoms with E-state index in [0.29, 0.717) is 0 Å². The van der Waals surface area contributed by atoms with Crippen molar-refractivity contribution in [3.05, 3.63) is 45.1 Å². The second kappa shape index (κ2) is 6.36. The van der Waals surface area contributed by atoms with E-state index < -0.39 is 0 Å². The van der Waals surface area contributed by atoms with Crippen LogP contribution in [0, 0.1) is 5.82 Å². The molecule has 1 N–H and O–H groups in total. The normalized spacial score (nSPS) is 12.6. The Labute approximate surface area is 118 Å². The molecule has 0 saturated carbocycles. The van der Waals surface area contributed by atoms with Crippen LogP contribution in [0.3, 0.4) is 0 Å². The van der Waals surface area contributed by atoms with Crippen LogP contribution in [-0.2, 0) is 6.42 Å². The molecule has 3 nitrogen and oxygen atoms in total. The van der Waals surface area contributed by atoms with E-state index >= 15 is 0 Å². The third-order valence-electron chi connectivity index (χ3n) is 2.61. The van der Waals surface area contributed by atoms with Gasteiger partial charge in [-0.3, -0.25) is 0 Å². The van der Waals surface area contributed by atoms with E-state index in [1.807, 2.05) is 0 Å². The van der Waals surface area contributed by atoms with E-state index in [0.717, 1.165) is 27.9 Å². The topological polar surface area (TPSA) is 37.8 Å². The van der Waals surface area contributed by atoms with Crippen molar-refractivity contribution in [1.29, 1.82) is 0 Å². The average Bonchev–Trinajstić information content (AvgIpc) is 2.85. The fourth-order valence-electron chi connectivity index (χ4n) is 1.76. The van der Waals surface area contributed by atoms with E-state index in [-0.39, 0.29) is 11.9 Å². The molecule has 2 rings (SSSR count). The molecule has 2 aromatic rings. The summed E-state index contributed by atoms with van der Waals surface area (Å²) in [6.07, 6.45) is 2.55. The van der Waals surface area contributed by atoms with Crippen LogP contribution in [0.2, 0.25) is 0 Å². The molecule has 6 heteroatoms. The molecule has 0 amide bonds. The van der Waals surface area contributed by atoms with Crippen LogP contribution in [0.15, 0.2) is 28.9 Å². The minimum absolute atomic E-state index is 0.164. The van der Waals surface area contributed by atoms with Gasteiger partial charge in [0.05, 0.1) is 11.1 Å². The summed E-state index contributed by atoms with van der Waals surface area (Å²) in [5.74, 6) is -0.231. The third-order valence-corrected chi connectivity index (χ3v) is 4.13. The Bertz CT molecular complexity index is 504. The van der Waals surface area contributed by atoms with E-state index in [2.05, 4.69) is 37.8 Å². The van der Waals surface area contributed by atoms with Crippen LogP contribution in [0.25, 0.3) is 0 Å². The first-order chi connectivity index (χ1) is 8.70. The highest BCUT2D eigenvalue weighted by Crippen LogP contribution is 2.25. The van der Waals surface area contributed by atoms with Gasteiger partial charge in [-0.05, 0) is 42.2 Å². The maximum Gasteiger partial charge on any atom is 0.124 e. The van der Waals surface area contributed by atoms with Crippen LogP contribution >= 0.6 is 27.5 Å². The maximum absolute atomic E-state index is 13.0. The van der Waals surface area contributed by atoms with Gasteiger partial charge in [-0.15, -0.1) is 5.10 Å². The molecule has 1 aromatic heterocycles. The van der Waals surface area contributed by atoms with Crippen LogP contribution in [0.4, 0.5) is 4.39 Å². The van der Waals surface area contributed by atoms with Crippen molar-refractivity contribution in [2.75, 3.05) is 6.54 Å². The molecule has 1 unspecified atom stereocenters. The Balaban J connectivity index is 2.18. The predicted molar refractivity (Wildman–Crippen MR) is 74.1 cm³/mol. The molecule has 1 atom stereocenters. The molecule has 0 radical (unpaired) electrons. The molecule has 0 saturated heterocycles. The van der Waals surface area contributed by atoms with Crippen molar-refractivity contribution in [1.82, 2.24) is 14.9 Å². The second-order valence-corrected chi connectivity index (χ2v) is 5.54. The SMILES string of the molecule is CCNC(Cc1ccc(F)cc1Br)c1cnns1. The molecule has 96 valence electrons. The van der Waals surface area contributed by atoms with Gasteiger partial charge >= 0.3 is 0 Å². The molecule has 0 aliphatic rings. The van der Waals surface area contributed by atoms with Crippen LogP contribution in [-0.4, -0.2) is 16.1 Å². The Morgan fingerprint density at radius 2 is 2.33 bits per heavy atom. The van der Waals surface area contributed by atoms with Crippen LogP contribution in [0.1, 0.15) is 23.4 Å². The first-order valence-electron chi connectivity index (χ1n) is 5.65. The van der Waals surface area contributed by atoms with Gasteiger partial charge in [0.25, 0.3) is 0 Å². The van der Waals surface area contributed by atoms with Crippen molar-refractivity contribution >= 4 is 27.5 Å². The lowest BCUT2D eigenvalue weighted by atomic mass is 10.0. The molecule has 0 bridgehead atoms. The number of aromatic nitrogens is 2. The highest BCUT2D eigenvalue weighted by molar-refractivity contribution is 9.10. The second-order valence-electron chi connectivity index (χ2n) is 3.87. The zero-order valence-electron chi connectivity index (χ0n) is 9.86. The van der Waals surface area contributed by atoms with Gasteiger partial charge in [0.15, 0.2) is 0 Å². The van der Waals surface area contributed by atoms with E-state index in [1.54, 1.807) is 12.3 Å². The number of hydrogen-bond acceptors (Lipinski definition) is 4. The van der Waals surface area contributed by atoms with E-state index in [9.17, 15) is 4.39 Å². The number of halogens is 2. The summed E-state index contributed by atoms with van der Waals surface area (Å²) in [6.45, 7) is 2.92. The first kappa shape index (κ1) is 13.6. The Morgan fingerprint density at radius 1 is 1.50 bits per heavy atom. The summed E-state index contributed by atoms with van der Waals surface area (Å²) >= 11 is 4.78. The van der Waals surface area contributed by atoms with E-state index in [4.69, 9.17) is 0 Å². The zero-order chi connectivity index (χ0) is 13.0. The lowest BCUT2D eigenvalue weighted by Crippen LogP contribution is -2.22. The fourth-order valence-corrected chi connectivity index (χ4v) is 2.84. The summed E-state index contributed by atoms with van der Waals surface area (Å²) in [6, 6.07) is 4.94. The summed E-state index contributed by atoms with van der Waals surface area (Å²) in [4.78, 5) is 1.09. The molecule has 0 aliphatic carbocycles. The molecule has 0 aliphatic heterocycles. The Morgan fingerprint density at radius 3 is 2.94 bits per heavy atom. The number of nitrogens with one attached hydrogen (secondary N) is 1. The maximum atomic E-state index is 13.0. The third kappa shape index (κ3) is 3.34. The van der Waals surface area contributed by atoms with Gasteiger partial charge in [-0.25, -0.2) is 4.39 Å². The monoisotopic (exact) mass is 329 g/mol. The molecule has 0 spiro atoms. The van der Waals surface area contributed by atoms with Crippen molar-refractivity contribution in [3.63, 3.8) is 0 Å². The number of rotatable bonds is 5. The minimum Gasteiger partial charge on any atom is -0.309 e. The Hall–Kier alpha value is -0.850. The number of likely N-dealkylation sites (N-methyl/N-ethyl adjacent to an activating group) is 1. The number of benzene rings is 1. The quantitative estimate of drug-likeness (QED) is 0.914. The Kier molecular flexibility index (Phi) is 4.79. The van der Waals surface area contributed by atoms with Gasteiger partial charge in [0, 0.05) is 10.5 Å². The summed E-state index contributed by atoms with van der Waals surface area (Å²) < 4.78 is 17.7. The van der Waals surface area contributed by atoms with Gasteiger partial charge in [0.2, 0.25) is 0 Å². The number of hydrogen-bond donors (Lipinski definition) is 1. The zero-order valence-corrected chi connectivity index (χ0v) is 12.3. The smallest absolute Gasteiger partial charge is 0.124 e. The molecule has 18 heavy (non-hydrogen) atoms. The standard InChI is InChI=1S/C12H13BrFN3S/c1-2-15-11(12-7-16-17-18-12)5-8-3-4-9(14)6-10(8)13/h3-4,6-7,11,15H,2,5H2,1H3. The average molecular weight is 330 g/mol. The van der Waals surface area contributed by atoms with Gasteiger partial charge in [-0.2, -0.15) is 0 Å². The fraction of sp³-hybridized carbons (Fsp3) is 0.333. The summed E-state index contributed by atoms with van der Waals surface area (Å²) in [7, 11) is 0. The first-order valence-corrected chi connectivity index (χ1v) is 7.22. The van der Waals surface area contributed by atoms with Gasteiger partial charge < -0.3 is 5.32 Å². The summed E-state index contributed by atoms with van der Waals surface area (Å²) in [5, 5.41) is 7.25. The van der Waals surface area contributed by atoms with E-state index in [1.165, 1.54) is 23.7 Å². The van der Waals surface area contributed by atoms with Gasteiger partial charge in [-0.1, -0.05) is 33.4 Å². The van der Waals surface area contributed by atoms with Crippen molar-refractivity contribution in [2.45, 2.75) is 19.4 Å². The van der Waals surface area contributed by atoms with Crippen LogP contribution < -0.4 is 5.32 Å².